The molecular formula is C12H24ClNO3. The summed E-state index contributed by atoms with van der Waals surface area (Å²) in [5, 5.41) is 0. The summed E-state index contributed by atoms with van der Waals surface area (Å²) in [4.78, 5) is 13.8. The third-order valence-corrected chi connectivity index (χ3v) is 2.85. The van der Waals surface area contributed by atoms with Crippen molar-refractivity contribution >= 4 is 17.5 Å². The van der Waals surface area contributed by atoms with Gasteiger partial charge in [0.05, 0.1) is 13.2 Å². The van der Waals surface area contributed by atoms with Gasteiger partial charge in [-0.1, -0.05) is 6.92 Å². The Morgan fingerprint density at radius 1 is 1.18 bits per heavy atom. The van der Waals surface area contributed by atoms with E-state index < -0.39 is 0 Å². The lowest BCUT2D eigenvalue weighted by Gasteiger charge is -2.24. The number of carbonyl (C=O) groups is 1. The molecule has 0 spiro atoms. The van der Waals surface area contributed by atoms with Crippen LogP contribution in [0, 0.1) is 5.92 Å². The highest BCUT2D eigenvalue weighted by atomic mass is 35.5. The molecule has 0 saturated carbocycles. The van der Waals surface area contributed by atoms with Crippen molar-refractivity contribution in [2.24, 2.45) is 5.92 Å². The van der Waals surface area contributed by atoms with Crippen molar-refractivity contribution in [1.82, 2.24) is 4.90 Å². The second-order valence-corrected chi connectivity index (χ2v) is 4.08. The van der Waals surface area contributed by atoms with Crippen molar-refractivity contribution in [2.75, 3.05) is 45.4 Å². The van der Waals surface area contributed by atoms with E-state index in [-0.39, 0.29) is 11.8 Å². The fourth-order valence-electron chi connectivity index (χ4n) is 1.35. The van der Waals surface area contributed by atoms with Gasteiger partial charge in [-0.25, -0.2) is 0 Å². The summed E-state index contributed by atoms with van der Waals surface area (Å²) in [5.41, 5.74) is 0. The van der Waals surface area contributed by atoms with Crippen LogP contribution in [0.2, 0.25) is 0 Å². The molecule has 0 aliphatic carbocycles. The van der Waals surface area contributed by atoms with Gasteiger partial charge in [-0.05, 0) is 13.8 Å². The van der Waals surface area contributed by atoms with Crippen molar-refractivity contribution < 1.29 is 14.3 Å². The predicted molar refractivity (Wildman–Crippen MR) is 69.5 cm³/mol. The Morgan fingerprint density at radius 2 is 1.65 bits per heavy atom. The number of nitrogens with zero attached hydrogens (tertiary/aromatic N) is 1. The molecule has 0 fully saturated rings. The van der Waals surface area contributed by atoms with Crippen LogP contribution >= 0.6 is 11.6 Å². The number of ether oxygens (including phenoxy) is 2. The molecule has 0 aliphatic heterocycles. The van der Waals surface area contributed by atoms with Crippen LogP contribution in [0.4, 0.5) is 0 Å². The van der Waals surface area contributed by atoms with Crippen molar-refractivity contribution in [1.29, 1.82) is 0 Å². The molecule has 17 heavy (non-hydrogen) atoms. The molecule has 1 atom stereocenters. The predicted octanol–water partition coefficient (Wildman–Crippen LogP) is 1.76. The zero-order chi connectivity index (χ0) is 13.1. The Labute approximate surface area is 109 Å². The van der Waals surface area contributed by atoms with E-state index in [1.165, 1.54) is 0 Å². The van der Waals surface area contributed by atoms with E-state index in [0.29, 0.717) is 45.4 Å². The molecule has 0 radical (unpaired) electrons. The molecule has 4 nitrogen and oxygen atoms in total. The van der Waals surface area contributed by atoms with Crippen molar-refractivity contribution in [2.45, 2.75) is 20.8 Å². The van der Waals surface area contributed by atoms with Gasteiger partial charge >= 0.3 is 0 Å². The smallest absolute Gasteiger partial charge is 0.226 e. The largest absolute Gasteiger partial charge is 0.380 e. The van der Waals surface area contributed by atoms with E-state index in [1.807, 2.05) is 20.8 Å². The zero-order valence-electron chi connectivity index (χ0n) is 11.1. The first kappa shape index (κ1) is 16.7. The molecule has 102 valence electrons. The Balaban J connectivity index is 4.12. The van der Waals surface area contributed by atoms with Gasteiger partial charge in [0.2, 0.25) is 5.91 Å². The van der Waals surface area contributed by atoms with Crippen LogP contribution in [0.15, 0.2) is 0 Å². The second kappa shape index (κ2) is 10.8. The molecule has 0 aliphatic rings. The van der Waals surface area contributed by atoms with Gasteiger partial charge in [-0.15, -0.1) is 11.6 Å². The fourth-order valence-corrected chi connectivity index (χ4v) is 1.48. The third-order valence-electron chi connectivity index (χ3n) is 2.38. The van der Waals surface area contributed by atoms with Crippen LogP contribution in [0.3, 0.4) is 0 Å². The number of amides is 1. The summed E-state index contributed by atoms with van der Waals surface area (Å²) in [5.74, 6) is 0.262. The minimum atomic E-state index is -0.153. The van der Waals surface area contributed by atoms with Crippen LogP contribution in [0.1, 0.15) is 20.8 Å². The van der Waals surface area contributed by atoms with E-state index in [4.69, 9.17) is 21.1 Å². The van der Waals surface area contributed by atoms with E-state index in [9.17, 15) is 4.79 Å². The minimum Gasteiger partial charge on any atom is -0.380 e. The number of hydrogen-bond donors (Lipinski definition) is 0. The van der Waals surface area contributed by atoms with E-state index in [2.05, 4.69) is 0 Å². The van der Waals surface area contributed by atoms with Crippen molar-refractivity contribution in [3.05, 3.63) is 0 Å². The number of halogens is 1. The van der Waals surface area contributed by atoms with Gasteiger partial charge < -0.3 is 14.4 Å². The Morgan fingerprint density at radius 3 is 2.00 bits per heavy atom. The maximum absolute atomic E-state index is 12.0. The molecular weight excluding hydrogens is 242 g/mol. The van der Waals surface area contributed by atoms with Crippen LogP contribution < -0.4 is 0 Å². The van der Waals surface area contributed by atoms with E-state index >= 15 is 0 Å². The van der Waals surface area contributed by atoms with E-state index in [0.717, 1.165) is 0 Å². The molecule has 0 aromatic carbocycles. The lowest BCUT2D eigenvalue weighted by molar-refractivity contribution is -0.135. The Bertz CT molecular complexity index is 192. The summed E-state index contributed by atoms with van der Waals surface area (Å²) in [6.45, 7) is 9.36. The highest BCUT2D eigenvalue weighted by molar-refractivity contribution is 6.19. The average Bonchev–Trinajstić information content (AvgIpc) is 2.35. The molecule has 0 N–H and O–H groups in total. The minimum absolute atomic E-state index is 0.0689. The normalized spacial score (nSPS) is 12.5. The van der Waals surface area contributed by atoms with Crippen LogP contribution in [0.25, 0.3) is 0 Å². The Kier molecular flexibility index (Phi) is 10.6. The van der Waals surface area contributed by atoms with Crippen molar-refractivity contribution in [3.63, 3.8) is 0 Å². The maximum atomic E-state index is 12.0. The lowest BCUT2D eigenvalue weighted by atomic mass is 10.2. The first-order valence-electron chi connectivity index (χ1n) is 6.17. The summed E-state index contributed by atoms with van der Waals surface area (Å²) in [6, 6.07) is 0. The number of hydrogen-bond acceptors (Lipinski definition) is 3. The number of rotatable bonds is 10. The first-order valence-corrected chi connectivity index (χ1v) is 6.71. The van der Waals surface area contributed by atoms with Gasteiger partial charge in [0.15, 0.2) is 0 Å². The summed E-state index contributed by atoms with van der Waals surface area (Å²) in [7, 11) is 0. The maximum Gasteiger partial charge on any atom is 0.226 e. The summed E-state index contributed by atoms with van der Waals surface area (Å²) in [6.07, 6.45) is 0. The second-order valence-electron chi connectivity index (χ2n) is 3.77. The van der Waals surface area contributed by atoms with Gasteiger partial charge in [0.1, 0.15) is 0 Å². The van der Waals surface area contributed by atoms with Gasteiger partial charge in [-0.2, -0.15) is 0 Å². The topological polar surface area (TPSA) is 38.8 Å². The molecule has 0 aromatic rings. The highest BCUT2D eigenvalue weighted by Crippen LogP contribution is 2.05. The highest BCUT2D eigenvalue weighted by Gasteiger charge is 2.19. The first-order chi connectivity index (χ1) is 8.17. The average molecular weight is 266 g/mol. The summed E-state index contributed by atoms with van der Waals surface area (Å²) >= 11 is 5.70. The number of carbonyl (C=O) groups excluding carboxylic acids is 1. The molecule has 5 heteroatoms. The van der Waals surface area contributed by atoms with Crippen LogP contribution in [-0.2, 0) is 14.3 Å². The molecule has 0 saturated heterocycles. The Hall–Kier alpha value is -0.320. The molecule has 0 heterocycles. The third kappa shape index (κ3) is 7.58. The summed E-state index contributed by atoms with van der Waals surface area (Å²) < 4.78 is 10.5. The standard InChI is InChI=1S/C12H24ClNO3/c1-4-16-8-6-14(7-9-17-5-2)12(15)11(3)10-13/h11H,4-10H2,1-3H3. The SMILES string of the molecule is CCOCCN(CCOCC)C(=O)C(C)CCl. The molecule has 1 unspecified atom stereocenters. The van der Waals surface area contributed by atoms with E-state index in [1.54, 1.807) is 4.90 Å². The quantitative estimate of drug-likeness (QED) is 0.446. The number of alkyl halides is 1. The van der Waals surface area contributed by atoms with Gasteiger partial charge in [0.25, 0.3) is 0 Å². The fraction of sp³-hybridized carbons (Fsp3) is 0.917. The van der Waals surface area contributed by atoms with Gasteiger partial charge in [-0.3, -0.25) is 4.79 Å². The molecule has 0 aromatic heterocycles. The molecule has 0 bridgehead atoms. The van der Waals surface area contributed by atoms with Gasteiger partial charge in [0, 0.05) is 38.1 Å². The molecule has 0 rings (SSSR count). The van der Waals surface area contributed by atoms with Crippen molar-refractivity contribution in [3.8, 4) is 0 Å². The van der Waals surface area contributed by atoms with Crippen LogP contribution in [-0.4, -0.2) is 56.2 Å². The zero-order valence-corrected chi connectivity index (χ0v) is 11.8. The monoisotopic (exact) mass is 265 g/mol. The van der Waals surface area contributed by atoms with Crippen LogP contribution in [0.5, 0.6) is 0 Å². The molecule has 1 amide bonds. The lowest BCUT2D eigenvalue weighted by Crippen LogP contribution is -2.40.